The van der Waals surface area contributed by atoms with Crippen LogP contribution in [-0.4, -0.2) is 29.8 Å². The van der Waals surface area contributed by atoms with Crippen LogP contribution in [-0.2, 0) is 6.42 Å². The van der Waals surface area contributed by atoms with E-state index in [1.807, 2.05) is 33.8 Å². The maximum absolute atomic E-state index is 13.0. The van der Waals surface area contributed by atoms with E-state index in [0.717, 1.165) is 16.9 Å². The SMILES string of the molecule is CC.CCc1cc(C(=O)N2CCC(F)(F)C2)sc1C. The summed E-state index contributed by atoms with van der Waals surface area (Å²) >= 11 is 1.40. The third-order valence-corrected chi connectivity index (χ3v) is 4.15. The highest BCUT2D eigenvalue weighted by Crippen LogP contribution is 2.30. The number of carbonyl (C=O) groups is 1. The van der Waals surface area contributed by atoms with Crippen LogP contribution in [0.2, 0.25) is 0 Å². The molecule has 0 saturated carbocycles. The largest absolute Gasteiger partial charge is 0.332 e. The molecule has 0 atom stereocenters. The quantitative estimate of drug-likeness (QED) is 0.801. The summed E-state index contributed by atoms with van der Waals surface area (Å²) in [6, 6.07) is 1.83. The van der Waals surface area contributed by atoms with Crippen molar-refractivity contribution >= 4 is 17.2 Å². The molecule has 0 bridgehead atoms. The fourth-order valence-corrected chi connectivity index (χ4v) is 3.12. The van der Waals surface area contributed by atoms with Crippen molar-refractivity contribution in [3.8, 4) is 0 Å². The van der Waals surface area contributed by atoms with Crippen molar-refractivity contribution in [2.24, 2.45) is 0 Å². The van der Waals surface area contributed by atoms with Gasteiger partial charge in [0, 0.05) is 17.8 Å². The van der Waals surface area contributed by atoms with Crippen LogP contribution in [0, 0.1) is 6.92 Å². The third-order valence-electron chi connectivity index (χ3n) is 3.07. The van der Waals surface area contributed by atoms with Gasteiger partial charge in [0.25, 0.3) is 11.8 Å². The second-order valence-electron chi connectivity index (χ2n) is 4.38. The summed E-state index contributed by atoms with van der Waals surface area (Å²) in [6.45, 7) is 7.70. The predicted octanol–water partition coefficient (Wildman–Crippen LogP) is 4.13. The Kier molecular flexibility index (Phi) is 5.47. The van der Waals surface area contributed by atoms with Crippen molar-refractivity contribution < 1.29 is 13.6 Å². The fourth-order valence-electron chi connectivity index (χ4n) is 2.04. The molecule has 1 fully saturated rings. The van der Waals surface area contributed by atoms with Crippen molar-refractivity contribution in [1.82, 2.24) is 4.90 Å². The van der Waals surface area contributed by atoms with Crippen LogP contribution in [0.3, 0.4) is 0 Å². The van der Waals surface area contributed by atoms with Crippen LogP contribution in [0.25, 0.3) is 0 Å². The molecule has 0 radical (unpaired) electrons. The minimum atomic E-state index is -2.71. The minimum Gasteiger partial charge on any atom is -0.332 e. The number of alkyl halides is 2. The first-order chi connectivity index (χ1) is 8.93. The summed E-state index contributed by atoms with van der Waals surface area (Å²) in [6.07, 6.45) is 0.648. The molecule has 2 heterocycles. The van der Waals surface area contributed by atoms with Gasteiger partial charge in [0.1, 0.15) is 0 Å². The molecule has 1 aliphatic heterocycles. The molecule has 1 aromatic heterocycles. The standard InChI is InChI=1S/C12H15F2NOS.C2H6/c1-3-9-6-10(17-8(9)2)11(16)15-5-4-12(13,14)7-15;1-2/h6H,3-5,7H2,1-2H3;1-2H3. The van der Waals surface area contributed by atoms with E-state index >= 15 is 0 Å². The molecule has 1 aliphatic rings. The molecule has 1 amide bonds. The number of halogens is 2. The molecule has 2 nitrogen and oxygen atoms in total. The molecule has 0 N–H and O–H groups in total. The van der Waals surface area contributed by atoms with Gasteiger partial charge in [-0.15, -0.1) is 11.3 Å². The van der Waals surface area contributed by atoms with Gasteiger partial charge in [-0.1, -0.05) is 20.8 Å². The molecule has 0 spiro atoms. The zero-order valence-electron chi connectivity index (χ0n) is 11.9. The fraction of sp³-hybridized carbons (Fsp3) is 0.643. The topological polar surface area (TPSA) is 20.3 Å². The maximum Gasteiger partial charge on any atom is 0.267 e. The first kappa shape index (κ1) is 16.1. The second-order valence-corrected chi connectivity index (χ2v) is 5.63. The summed E-state index contributed by atoms with van der Waals surface area (Å²) in [5, 5.41) is 0. The zero-order valence-corrected chi connectivity index (χ0v) is 12.7. The van der Waals surface area contributed by atoms with E-state index in [0.29, 0.717) is 4.88 Å². The monoisotopic (exact) mass is 289 g/mol. The zero-order chi connectivity index (χ0) is 14.6. The van der Waals surface area contributed by atoms with Crippen molar-refractivity contribution in [2.75, 3.05) is 13.1 Å². The van der Waals surface area contributed by atoms with E-state index in [4.69, 9.17) is 0 Å². The molecular weight excluding hydrogens is 268 g/mol. The number of thiophene rings is 1. The van der Waals surface area contributed by atoms with Gasteiger partial charge in [0.05, 0.1) is 11.4 Å². The number of aryl methyl sites for hydroxylation is 2. The Bertz CT molecular complexity index is 443. The number of amides is 1. The molecule has 1 saturated heterocycles. The summed E-state index contributed by atoms with van der Waals surface area (Å²) < 4.78 is 26.1. The van der Waals surface area contributed by atoms with Gasteiger partial charge in [-0.25, -0.2) is 8.78 Å². The number of likely N-dealkylation sites (tertiary alicyclic amines) is 1. The van der Waals surface area contributed by atoms with E-state index < -0.39 is 12.5 Å². The molecule has 0 aliphatic carbocycles. The third kappa shape index (κ3) is 3.75. The molecule has 108 valence electrons. The van der Waals surface area contributed by atoms with Crippen molar-refractivity contribution in [3.05, 3.63) is 21.4 Å². The molecule has 0 unspecified atom stereocenters. The Balaban J connectivity index is 0.000000861. The van der Waals surface area contributed by atoms with Crippen molar-refractivity contribution in [1.29, 1.82) is 0 Å². The van der Waals surface area contributed by atoms with Gasteiger partial charge >= 0.3 is 0 Å². The lowest BCUT2D eigenvalue weighted by Gasteiger charge is -2.14. The first-order valence-corrected chi connectivity index (χ1v) is 7.51. The molecule has 2 rings (SSSR count). The molecular formula is C14H21F2NOS. The predicted molar refractivity (Wildman–Crippen MR) is 75.2 cm³/mol. The smallest absolute Gasteiger partial charge is 0.267 e. The lowest BCUT2D eigenvalue weighted by Crippen LogP contribution is -2.30. The van der Waals surface area contributed by atoms with E-state index in [-0.39, 0.29) is 18.9 Å². The number of nitrogens with zero attached hydrogens (tertiary/aromatic N) is 1. The average molecular weight is 289 g/mol. The highest BCUT2D eigenvalue weighted by Gasteiger charge is 2.40. The summed E-state index contributed by atoms with van der Waals surface area (Å²) in [5.41, 5.74) is 1.13. The van der Waals surface area contributed by atoms with Crippen LogP contribution >= 0.6 is 11.3 Å². The minimum absolute atomic E-state index is 0.157. The van der Waals surface area contributed by atoms with Crippen LogP contribution in [0.5, 0.6) is 0 Å². The Morgan fingerprint density at radius 2 is 2.11 bits per heavy atom. The molecule has 0 aromatic carbocycles. The van der Waals surface area contributed by atoms with Crippen LogP contribution < -0.4 is 0 Å². The number of rotatable bonds is 2. The summed E-state index contributed by atoms with van der Waals surface area (Å²) in [4.78, 5) is 15.0. The van der Waals surface area contributed by atoms with E-state index in [1.165, 1.54) is 16.2 Å². The number of carbonyl (C=O) groups excluding carboxylic acids is 1. The van der Waals surface area contributed by atoms with Gasteiger partial charge in [-0.3, -0.25) is 4.79 Å². The number of hydrogen-bond donors (Lipinski definition) is 0. The summed E-state index contributed by atoms with van der Waals surface area (Å²) in [7, 11) is 0. The number of hydrogen-bond acceptors (Lipinski definition) is 2. The highest BCUT2D eigenvalue weighted by atomic mass is 32.1. The van der Waals surface area contributed by atoms with Gasteiger partial charge in [-0.2, -0.15) is 0 Å². The van der Waals surface area contributed by atoms with Crippen molar-refractivity contribution in [3.63, 3.8) is 0 Å². The highest BCUT2D eigenvalue weighted by molar-refractivity contribution is 7.14. The van der Waals surface area contributed by atoms with Gasteiger partial charge in [-0.05, 0) is 25.0 Å². The summed E-state index contributed by atoms with van der Waals surface area (Å²) in [5.74, 6) is -2.97. The van der Waals surface area contributed by atoms with Crippen molar-refractivity contribution in [2.45, 2.75) is 46.5 Å². The molecule has 5 heteroatoms. The Morgan fingerprint density at radius 1 is 1.47 bits per heavy atom. The van der Waals surface area contributed by atoms with Gasteiger partial charge in [0.15, 0.2) is 0 Å². The normalized spacial score (nSPS) is 17.1. The lowest BCUT2D eigenvalue weighted by molar-refractivity contribution is 0.0121. The first-order valence-electron chi connectivity index (χ1n) is 6.69. The Hall–Kier alpha value is -0.970. The Labute approximate surface area is 117 Å². The average Bonchev–Trinajstić information content (AvgIpc) is 2.93. The van der Waals surface area contributed by atoms with Crippen LogP contribution in [0.4, 0.5) is 8.78 Å². The van der Waals surface area contributed by atoms with E-state index in [1.54, 1.807) is 0 Å². The van der Waals surface area contributed by atoms with E-state index in [9.17, 15) is 13.6 Å². The second kappa shape index (κ2) is 6.46. The van der Waals surface area contributed by atoms with Gasteiger partial charge < -0.3 is 4.90 Å². The van der Waals surface area contributed by atoms with Gasteiger partial charge in [0.2, 0.25) is 0 Å². The van der Waals surface area contributed by atoms with E-state index in [2.05, 4.69) is 0 Å². The van der Waals surface area contributed by atoms with Crippen LogP contribution in [0.1, 0.15) is 47.3 Å². The molecule has 1 aromatic rings. The van der Waals surface area contributed by atoms with Crippen LogP contribution in [0.15, 0.2) is 6.07 Å². The molecule has 19 heavy (non-hydrogen) atoms. The lowest BCUT2D eigenvalue weighted by atomic mass is 10.2. The Morgan fingerprint density at radius 3 is 2.53 bits per heavy atom. The maximum atomic E-state index is 13.0.